The second-order valence-electron chi connectivity index (χ2n) is 13.8. The Morgan fingerprint density at radius 2 is 1.48 bits per heavy atom. The Morgan fingerprint density at radius 3 is 2.09 bits per heavy atom. The smallest absolute Gasteiger partial charge is 0.465 e. The zero-order chi connectivity index (χ0) is 32.0. The first-order chi connectivity index (χ1) is 21.1. The molecule has 1 aliphatic rings. The Labute approximate surface area is 266 Å². The van der Waals surface area contributed by atoms with Gasteiger partial charge in [0.1, 0.15) is 0 Å². The van der Waals surface area contributed by atoms with E-state index in [0.717, 1.165) is 56.0 Å². The fourth-order valence-electron chi connectivity index (χ4n) is 5.94. The van der Waals surface area contributed by atoms with Crippen LogP contribution in [0.3, 0.4) is 0 Å². The Balaban J connectivity index is 1.49. The molecule has 242 valence electrons. The molecular formula is C37H55BO6. The van der Waals surface area contributed by atoms with Crippen molar-refractivity contribution in [1.29, 1.82) is 0 Å². The number of carbonyl (C=O) groups is 2. The molecule has 0 spiro atoms. The maximum atomic E-state index is 13.3. The number of benzene rings is 2. The number of carbonyl (C=O) groups excluding carboxylic acids is 2. The van der Waals surface area contributed by atoms with Gasteiger partial charge in [0.25, 0.3) is 0 Å². The molecule has 0 radical (unpaired) electrons. The molecule has 44 heavy (non-hydrogen) atoms. The van der Waals surface area contributed by atoms with Gasteiger partial charge < -0.3 is 18.8 Å². The van der Waals surface area contributed by atoms with Gasteiger partial charge in [-0.15, -0.1) is 0 Å². The predicted molar refractivity (Wildman–Crippen MR) is 178 cm³/mol. The van der Waals surface area contributed by atoms with E-state index in [4.69, 9.17) is 18.8 Å². The zero-order valence-electron chi connectivity index (χ0n) is 28.0. The maximum Gasteiger partial charge on any atom is 0.494 e. The fraction of sp³-hybridized carbons (Fsp3) is 0.622. The van der Waals surface area contributed by atoms with Gasteiger partial charge in [-0.3, -0.25) is 9.59 Å². The van der Waals surface area contributed by atoms with Gasteiger partial charge in [-0.1, -0.05) is 93.8 Å². The van der Waals surface area contributed by atoms with Crippen molar-refractivity contribution in [3.05, 3.63) is 66.2 Å². The first kappa shape index (κ1) is 35.8. The first-order valence-electron chi connectivity index (χ1n) is 16.8. The molecule has 2 aromatic carbocycles. The van der Waals surface area contributed by atoms with Crippen LogP contribution in [0.2, 0.25) is 0 Å². The van der Waals surface area contributed by atoms with Gasteiger partial charge in [0.2, 0.25) is 0 Å². The van der Waals surface area contributed by atoms with E-state index in [1.54, 1.807) is 0 Å². The lowest BCUT2D eigenvalue weighted by molar-refractivity contribution is -0.156. The molecule has 0 aliphatic carbocycles. The third-order valence-electron chi connectivity index (χ3n) is 8.86. The molecule has 0 saturated carbocycles. The standard InChI is InChI=1S/C37H55BO6/c1-7-9-18-29(8-2)27-42-35(40)37(5,6)26-31(30-19-12-10-13-20-30)25-36(3,4)34(39)41-24-17-16-23-33-28-43-38(44-33)32-21-14-11-15-22-32/h10-15,19-22,29,31,33H,7-9,16-18,23-28H2,1-6H3. The summed E-state index contributed by atoms with van der Waals surface area (Å²) in [5.74, 6) is 0.0320. The fourth-order valence-corrected chi connectivity index (χ4v) is 5.94. The van der Waals surface area contributed by atoms with Gasteiger partial charge in [0.15, 0.2) is 0 Å². The zero-order valence-corrected chi connectivity index (χ0v) is 28.0. The first-order valence-corrected chi connectivity index (χ1v) is 16.8. The second-order valence-corrected chi connectivity index (χ2v) is 13.8. The average Bonchev–Trinajstić information content (AvgIpc) is 3.50. The largest absolute Gasteiger partial charge is 0.494 e. The Kier molecular flexibility index (Phi) is 14.5. The van der Waals surface area contributed by atoms with Gasteiger partial charge in [0, 0.05) is 0 Å². The highest BCUT2D eigenvalue weighted by molar-refractivity contribution is 6.61. The van der Waals surface area contributed by atoms with Crippen LogP contribution in [0, 0.1) is 16.7 Å². The van der Waals surface area contributed by atoms with Gasteiger partial charge in [0.05, 0.1) is 36.8 Å². The summed E-state index contributed by atoms with van der Waals surface area (Å²) in [5, 5.41) is 0. The molecule has 7 heteroatoms. The number of hydrogen-bond donors (Lipinski definition) is 0. The minimum atomic E-state index is -0.709. The maximum absolute atomic E-state index is 13.3. The molecule has 3 atom stereocenters. The molecule has 2 aromatic rings. The van der Waals surface area contributed by atoms with Crippen LogP contribution in [0.15, 0.2) is 60.7 Å². The minimum Gasteiger partial charge on any atom is -0.465 e. The highest BCUT2D eigenvalue weighted by atomic mass is 16.6. The van der Waals surface area contributed by atoms with Crippen molar-refractivity contribution >= 4 is 24.5 Å². The van der Waals surface area contributed by atoms with Crippen molar-refractivity contribution in [3.8, 4) is 0 Å². The molecule has 0 amide bonds. The van der Waals surface area contributed by atoms with Crippen LogP contribution in [0.25, 0.3) is 0 Å². The SMILES string of the molecule is CCCCC(CC)COC(=O)C(C)(C)CC(CC(C)(C)C(=O)OCCCCC1COB(c2ccccc2)O1)c1ccccc1. The van der Waals surface area contributed by atoms with Crippen molar-refractivity contribution in [3.63, 3.8) is 0 Å². The quantitative estimate of drug-likeness (QED) is 0.0921. The molecule has 0 N–H and O–H groups in total. The molecule has 1 fully saturated rings. The number of unbranched alkanes of at least 4 members (excludes halogenated alkanes) is 2. The molecule has 1 saturated heterocycles. The van der Waals surface area contributed by atoms with Crippen molar-refractivity contribution in [2.24, 2.45) is 16.7 Å². The van der Waals surface area contributed by atoms with Crippen LogP contribution in [-0.2, 0) is 28.4 Å². The summed E-state index contributed by atoms with van der Waals surface area (Å²) in [6.45, 7) is 13.6. The van der Waals surface area contributed by atoms with E-state index in [1.165, 1.54) is 0 Å². The van der Waals surface area contributed by atoms with Crippen LogP contribution in [0.1, 0.15) is 111 Å². The molecule has 0 bridgehead atoms. The topological polar surface area (TPSA) is 71.1 Å². The lowest BCUT2D eigenvalue weighted by Crippen LogP contribution is -2.33. The molecule has 0 aromatic heterocycles. The monoisotopic (exact) mass is 606 g/mol. The van der Waals surface area contributed by atoms with Gasteiger partial charge in [-0.2, -0.15) is 0 Å². The summed E-state index contributed by atoms with van der Waals surface area (Å²) < 4.78 is 23.5. The third kappa shape index (κ3) is 11.4. The number of ether oxygens (including phenoxy) is 2. The number of rotatable bonds is 19. The van der Waals surface area contributed by atoms with Crippen molar-refractivity contribution in [2.45, 2.75) is 111 Å². The van der Waals surface area contributed by atoms with E-state index in [9.17, 15) is 9.59 Å². The van der Waals surface area contributed by atoms with Crippen LogP contribution >= 0.6 is 0 Å². The molecule has 6 nitrogen and oxygen atoms in total. The van der Waals surface area contributed by atoms with E-state index in [1.807, 2.05) is 76.2 Å². The average molecular weight is 607 g/mol. The van der Waals surface area contributed by atoms with Crippen LogP contribution in [0.5, 0.6) is 0 Å². The molecule has 3 rings (SSSR count). The van der Waals surface area contributed by atoms with Gasteiger partial charge in [-0.05, 0) is 89.1 Å². The van der Waals surface area contributed by atoms with Crippen LogP contribution in [0.4, 0.5) is 0 Å². The van der Waals surface area contributed by atoms with Crippen LogP contribution in [-0.4, -0.2) is 45.0 Å². The predicted octanol–water partition coefficient (Wildman–Crippen LogP) is 7.89. The second kappa shape index (κ2) is 17.7. The normalized spacial score (nSPS) is 16.9. The minimum absolute atomic E-state index is 0.000407. The molecule has 1 heterocycles. The van der Waals surface area contributed by atoms with Crippen molar-refractivity contribution in [2.75, 3.05) is 19.8 Å². The van der Waals surface area contributed by atoms with Crippen LogP contribution < -0.4 is 5.46 Å². The van der Waals surface area contributed by atoms with Crippen molar-refractivity contribution in [1.82, 2.24) is 0 Å². The lowest BCUT2D eigenvalue weighted by Gasteiger charge is -2.33. The van der Waals surface area contributed by atoms with Gasteiger partial charge >= 0.3 is 19.1 Å². The highest BCUT2D eigenvalue weighted by Crippen LogP contribution is 2.41. The summed E-state index contributed by atoms with van der Waals surface area (Å²) in [5.41, 5.74) is 0.762. The van der Waals surface area contributed by atoms with E-state index in [2.05, 4.69) is 26.0 Å². The van der Waals surface area contributed by atoms with E-state index in [0.29, 0.717) is 38.6 Å². The summed E-state index contributed by atoms with van der Waals surface area (Å²) in [6, 6.07) is 20.2. The summed E-state index contributed by atoms with van der Waals surface area (Å²) in [6.07, 6.45) is 8.14. The molecule has 3 unspecified atom stereocenters. The summed E-state index contributed by atoms with van der Waals surface area (Å²) in [7, 11) is -0.303. The third-order valence-corrected chi connectivity index (χ3v) is 8.86. The molecule has 1 aliphatic heterocycles. The number of esters is 2. The van der Waals surface area contributed by atoms with E-state index < -0.39 is 10.8 Å². The molecular weight excluding hydrogens is 551 g/mol. The number of hydrogen-bond acceptors (Lipinski definition) is 6. The van der Waals surface area contributed by atoms with Crippen molar-refractivity contribution < 1.29 is 28.4 Å². The summed E-state index contributed by atoms with van der Waals surface area (Å²) in [4.78, 5) is 26.6. The van der Waals surface area contributed by atoms with E-state index in [-0.39, 0.29) is 31.1 Å². The van der Waals surface area contributed by atoms with Gasteiger partial charge in [-0.25, -0.2) is 0 Å². The lowest BCUT2D eigenvalue weighted by atomic mass is 9.72. The Hall–Kier alpha value is -2.64. The Bertz CT molecular complexity index is 1120. The van der Waals surface area contributed by atoms with E-state index >= 15 is 0 Å². The Morgan fingerprint density at radius 1 is 0.864 bits per heavy atom. The highest BCUT2D eigenvalue weighted by Gasteiger charge is 2.39. The summed E-state index contributed by atoms with van der Waals surface area (Å²) >= 11 is 0.